The molecule has 0 aliphatic rings. The summed E-state index contributed by atoms with van der Waals surface area (Å²) in [6.07, 6.45) is 0. The van der Waals surface area contributed by atoms with Gasteiger partial charge in [0.05, 0.1) is 6.04 Å². The Morgan fingerprint density at radius 1 is 1.19 bits per heavy atom. The minimum absolute atomic E-state index is 0.0104. The van der Waals surface area contributed by atoms with Gasteiger partial charge in [-0.05, 0) is 49.2 Å². The summed E-state index contributed by atoms with van der Waals surface area (Å²) < 4.78 is 0.906. The zero-order valence-electron chi connectivity index (χ0n) is 12.2. The summed E-state index contributed by atoms with van der Waals surface area (Å²) in [5.74, 6) is 0.0104. The molecule has 2 aromatic carbocycles. The van der Waals surface area contributed by atoms with E-state index in [1.165, 1.54) is 0 Å². The average molecular weight is 367 g/mol. The molecule has 0 saturated carbocycles. The van der Waals surface area contributed by atoms with Gasteiger partial charge in [0.1, 0.15) is 0 Å². The van der Waals surface area contributed by atoms with E-state index in [1.54, 1.807) is 4.90 Å². The summed E-state index contributed by atoms with van der Waals surface area (Å²) >= 11 is 9.33. The lowest BCUT2D eigenvalue weighted by Gasteiger charge is -2.26. The first-order chi connectivity index (χ1) is 9.90. The molecule has 21 heavy (non-hydrogen) atoms. The van der Waals surface area contributed by atoms with Gasteiger partial charge in [-0.3, -0.25) is 4.79 Å². The minimum atomic E-state index is -0.0202. The molecule has 0 saturated heterocycles. The van der Waals surface area contributed by atoms with E-state index in [9.17, 15) is 4.79 Å². The minimum Gasteiger partial charge on any atom is -0.335 e. The van der Waals surface area contributed by atoms with Crippen LogP contribution in [0.25, 0.3) is 0 Å². The first kappa shape index (κ1) is 16.1. The van der Waals surface area contributed by atoms with Gasteiger partial charge in [0.15, 0.2) is 0 Å². The van der Waals surface area contributed by atoms with Crippen molar-refractivity contribution < 1.29 is 4.79 Å². The molecular weight excluding hydrogens is 350 g/mol. The number of aryl methyl sites for hydroxylation is 1. The van der Waals surface area contributed by atoms with Crippen LogP contribution >= 0.6 is 27.5 Å². The van der Waals surface area contributed by atoms with E-state index in [2.05, 4.69) is 15.9 Å². The number of benzene rings is 2. The summed E-state index contributed by atoms with van der Waals surface area (Å²) in [6.45, 7) is 3.95. The number of carbonyl (C=O) groups excluding carboxylic acids is 1. The lowest BCUT2D eigenvalue weighted by molar-refractivity contribution is 0.0742. The molecule has 0 radical (unpaired) electrons. The zero-order valence-corrected chi connectivity index (χ0v) is 14.6. The smallest absolute Gasteiger partial charge is 0.254 e. The first-order valence-corrected chi connectivity index (χ1v) is 7.86. The Morgan fingerprint density at radius 2 is 1.81 bits per heavy atom. The normalized spacial score (nSPS) is 12.0. The van der Waals surface area contributed by atoms with Gasteiger partial charge in [-0.1, -0.05) is 45.7 Å². The van der Waals surface area contributed by atoms with Gasteiger partial charge in [0.25, 0.3) is 5.91 Å². The predicted octanol–water partition coefficient (Wildman–Crippen LogP) is 5.24. The topological polar surface area (TPSA) is 20.3 Å². The highest BCUT2D eigenvalue weighted by Crippen LogP contribution is 2.24. The highest BCUT2D eigenvalue weighted by atomic mass is 79.9. The van der Waals surface area contributed by atoms with Gasteiger partial charge in [0, 0.05) is 22.1 Å². The number of amides is 1. The molecule has 0 aliphatic heterocycles. The van der Waals surface area contributed by atoms with E-state index in [0.717, 1.165) is 15.6 Å². The number of carbonyl (C=O) groups is 1. The summed E-state index contributed by atoms with van der Waals surface area (Å²) in [5, 5.41) is 0.697. The molecule has 2 nitrogen and oxygen atoms in total. The maximum atomic E-state index is 12.7. The van der Waals surface area contributed by atoms with Gasteiger partial charge in [-0.2, -0.15) is 0 Å². The maximum absolute atomic E-state index is 12.7. The van der Waals surface area contributed by atoms with E-state index < -0.39 is 0 Å². The molecule has 1 atom stereocenters. The van der Waals surface area contributed by atoms with Crippen molar-refractivity contribution in [1.29, 1.82) is 0 Å². The average Bonchev–Trinajstić information content (AvgIpc) is 2.48. The van der Waals surface area contributed by atoms with Crippen LogP contribution in [0.15, 0.2) is 46.9 Å². The summed E-state index contributed by atoms with van der Waals surface area (Å²) in [4.78, 5) is 14.4. The van der Waals surface area contributed by atoms with Gasteiger partial charge >= 0.3 is 0 Å². The number of halogens is 2. The molecule has 0 heterocycles. The van der Waals surface area contributed by atoms with Crippen molar-refractivity contribution in [3.05, 3.63) is 68.7 Å². The van der Waals surface area contributed by atoms with Crippen LogP contribution in [-0.2, 0) is 0 Å². The van der Waals surface area contributed by atoms with Crippen LogP contribution in [0.4, 0.5) is 0 Å². The fourth-order valence-corrected chi connectivity index (χ4v) is 2.64. The van der Waals surface area contributed by atoms with Gasteiger partial charge < -0.3 is 4.90 Å². The highest BCUT2D eigenvalue weighted by molar-refractivity contribution is 9.10. The molecule has 0 bridgehead atoms. The van der Waals surface area contributed by atoms with Crippen LogP contribution in [0.3, 0.4) is 0 Å². The standard InChI is InChI=1S/C17H17BrClNO/c1-11-4-7-14(18)10-16(11)17(21)20(3)12(2)13-5-8-15(19)9-6-13/h4-10,12H,1-3H3. The number of rotatable bonds is 3. The molecule has 2 rings (SSSR count). The Balaban J connectivity index is 2.26. The second-order valence-corrected chi connectivity index (χ2v) is 6.45. The molecule has 0 fully saturated rings. The summed E-state index contributed by atoms with van der Waals surface area (Å²) in [5.41, 5.74) is 2.74. The Labute approximate surface area is 138 Å². The molecule has 1 amide bonds. The number of hydrogen-bond donors (Lipinski definition) is 0. The van der Waals surface area contributed by atoms with Crippen molar-refractivity contribution in [2.24, 2.45) is 0 Å². The van der Waals surface area contributed by atoms with Crippen LogP contribution in [-0.4, -0.2) is 17.9 Å². The molecule has 0 N–H and O–H groups in total. The highest BCUT2D eigenvalue weighted by Gasteiger charge is 2.20. The third kappa shape index (κ3) is 3.66. The number of nitrogens with zero attached hydrogens (tertiary/aromatic N) is 1. The SMILES string of the molecule is Cc1ccc(Br)cc1C(=O)N(C)C(C)c1ccc(Cl)cc1. The Bertz CT molecular complexity index is 654. The van der Waals surface area contributed by atoms with Crippen molar-refractivity contribution in [1.82, 2.24) is 4.90 Å². The third-order valence-corrected chi connectivity index (χ3v) is 4.43. The van der Waals surface area contributed by atoms with Crippen LogP contribution < -0.4 is 0 Å². The van der Waals surface area contributed by atoms with E-state index in [4.69, 9.17) is 11.6 Å². The molecule has 0 aliphatic carbocycles. The quantitative estimate of drug-likeness (QED) is 0.727. The third-order valence-electron chi connectivity index (χ3n) is 3.68. The molecular formula is C17H17BrClNO. The van der Waals surface area contributed by atoms with Crippen molar-refractivity contribution in [3.8, 4) is 0 Å². The van der Waals surface area contributed by atoms with Gasteiger partial charge in [-0.25, -0.2) is 0 Å². The Hall–Kier alpha value is -1.32. The molecule has 4 heteroatoms. The van der Waals surface area contributed by atoms with Crippen molar-refractivity contribution >= 4 is 33.4 Å². The van der Waals surface area contributed by atoms with Crippen molar-refractivity contribution in [2.45, 2.75) is 19.9 Å². The fraction of sp³-hybridized carbons (Fsp3) is 0.235. The second kappa shape index (κ2) is 6.63. The van der Waals surface area contributed by atoms with E-state index in [1.807, 2.05) is 63.4 Å². The molecule has 0 aromatic heterocycles. The Morgan fingerprint density at radius 3 is 2.43 bits per heavy atom. The lowest BCUT2D eigenvalue weighted by Crippen LogP contribution is -2.30. The summed E-state index contributed by atoms with van der Waals surface area (Å²) in [6, 6.07) is 13.3. The lowest BCUT2D eigenvalue weighted by atomic mass is 10.0. The monoisotopic (exact) mass is 365 g/mol. The van der Waals surface area contributed by atoms with Crippen molar-refractivity contribution in [3.63, 3.8) is 0 Å². The first-order valence-electron chi connectivity index (χ1n) is 6.69. The molecule has 110 valence electrons. The van der Waals surface area contributed by atoms with Crippen LogP contribution in [0.5, 0.6) is 0 Å². The second-order valence-electron chi connectivity index (χ2n) is 5.10. The molecule has 0 spiro atoms. The fourth-order valence-electron chi connectivity index (χ4n) is 2.16. The van der Waals surface area contributed by atoms with E-state index in [-0.39, 0.29) is 11.9 Å². The summed E-state index contributed by atoms with van der Waals surface area (Å²) in [7, 11) is 1.82. The molecule has 2 aromatic rings. The van der Waals surface area contributed by atoms with E-state index in [0.29, 0.717) is 10.6 Å². The predicted molar refractivity (Wildman–Crippen MR) is 90.8 cm³/mol. The van der Waals surface area contributed by atoms with E-state index >= 15 is 0 Å². The van der Waals surface area contributed by atoms with Crippen LogP contribution in [0.1, 0.15) is 34.5 Å². The van der Waals surface area contributed by atoms with Crippen LogP contribution in [0.2, 0.25) is 5.02 Å². The molecule has 1 unspecified atom stereocenters. The van der Waals surface area contributed by atoms with Gasteiger partial charge in [0.2, 0.25) is 0 Å². The van der Waals surface area contributed by atoms with Gasteiger partial charge in [-0.15, -0.1) is 0 Å². The van der Waals surface area contributed by atoms with Crippen LogP contribution in [0, 0.1) is 6.92 Å². The largest absolute Gasteiger partial charge is 0.335 e. The maximum Gasteiger partial charge on any atom is 0.254 e. The Kier molecular flexibility index (Phi) is 5.07. The number of hydrogen-bond acceptors (Lipinski definition) is 1. The zero-order chi connectivity index (χ0) is 15.6. The van der Waals surface area contributed by atoms with Crippen molar-refractivity contribution in [2.75, 3.05) is 7.05 Å².